The van der Waals surface area contributed by atoms with Crippen LogP contribution in [0.4, 0.5) is 10.6 Å². The number of aromatic amines is 1. The van der Waals surface area contributed by atoms with Gasteiger partial charge in [0.1, 0.15) is 11.4 Å². The number of methoxy groups -OCH3 is 1. The minimum Gasteiger partial charge on any atom is -0.496 e. The van der Waals surface area contributed by atoms with E-state index >= 15 is 0 Å². The van der Waals surface area contributed by atoms with Crippen molar-refractivity contribution < 1.29 is 19.1 Å². The standard InChI is InChI=1S/C20H26N4O4/c1-12-6-7-16(27-5)14(10-12)18(25)21-17-13-8-9-24(11-15(13)22-23-17)19(26)28-20(2,3)4/h6-7,10H,8-9,11H2,1-5H3,(H2,21,22,23,25). The van der Waals surface area contributed by atoms with Gasteiger partial charge in [-0.3, -0.25) is 9.89 Å². The topological polar surface area (TPSA) is 96.5 Å². The molecule has 1 aromatic carbocycles. The van der Waals surface area contributed by atoms with E-state index in [4.69, 9.17) is 9.47 Å². The molecule has 1 aliphatic rings. The normalized spacial score (nSPS) is 13.7. The average molecular weight is 386 g/mol. The number of aryl methyl sites for hydroxylation is 1. The van der Waals surface area contributed by atoms with Crippen LogP contribution in [-0.2, 0) is 17.7 Å². The first-order chi connectivity index (χ1) is 13.2. The maximum absolute atomic E-state index is 12.7. The number of aromatic nitrogens is 2. The number of benzene rings is 1. The molecule has 0 atom stereocenters. The van der Waals surface area contributed by atoms with Gasteiger partial charge >= 0.3 is 6.09 Å². The molecule has 1 aromatic heterocycles. The van der Waals surface area contributed by atoms with Crippen molar-refractivity contribution in [2.24, 2.45) is 0 Å². The maximum Gasteiger partial charge on any atom is 0.410 e. The molecular weight excluding hydrogens is 360 g/mol. The predicted molar refractivity (Wildman–Crippen MR) is 105 cm³/mol. The lowest BCUT2D eigenvalue weighted by atomic mass is 10.1. The van der Waals surface area contributed by atoms with Crippen LogP contribution in [0.2, 0.25) is 0 Å². The van der Waals surface area contributed by atoms with Crippen molar-refractivity contribution in [1.29, 1.82) is 0 Å². The highest BCUT2D eigenvalue weighted by Crippen LogP contribution is 2.27. The van der Waals surface area contributed by atoms with Crippen molar-refractivity contribution in [3.63, 3.8) is 0 Å². The van der Waals surface area contributed by atoms with Gasteiger partial charge in [0.15, 0.2) is 5.82 Å². The van der Waals surface area contributed by atoms with Crippen LogP contribution in [-0.4, -0.2) is 46.4 Å². The Balaban J connectivity index is 1.74. The van der Waals surface area contributed by atoms with Crippen molar-refractivity contribution in [2.75, 3.05) is 19.0 Å². The Morgan fingerprint density at radius 1 is 1.29 bits per heavy atom. The number of hydrogen-bond acceptors (Lipinski definition) is 5. The van der Waals surface area contributed by atoms with Crippen LogP contribution in [0.3, 0.4) is 0 Å². The number of rotatable bonds is 3. The molecule has 0 fully saturated rings. The number of carbonyl (C=O) groups is 2. The van der Waals surface area contributed by atoms with Crippen LogP contribution in [0.5, 0.6) is 5.75 Å². The maximum atomic E-state index is 12.7. The lowest BCUT2D eigenvalue weighted by Crippen LogP contribution is -2.39. The van der Waals surface area contributed by atoms with Crippen LogP contribution >= 0.6 is 0 Å². The van der Waals surface area contributed by atoms with Gasteiger partial charge in [-0.25, -0.2) is 4.79 Å². The zero-order valence-electron chi connectivity index (χ0n) is 16.9. The first kappa shape index (κ1) is 19.7. The van der Waals surface area contributed by atoms with E-state index in [1.54, 1.807) is 17.0 Å². The number of carbonyl (C=O) groups excluding carboxylic acids is 2. The Bertz CT molecular complexity index is 898. The van der Waals surface area contributed by atoms with Crippen LogP contribution in [0.25, 0.3) is 0 Å². The van der Waals surface area contributed by atoms with E-state index in [1.165, 1.54) is 7.11 Å². The number of nitrogens with zero attached hydrogens (tertiary/aromatic N) is 2. The summed E-state index contributed by atoms with van der Waals surface area (Å²) in [7, 11) is 1.53. The predicted octanol–water partition coefficient (Wildman–Crippen LogP) is 3.27. The Hall–Kier alpha value is -3.03. The monoisotopic (exact) mass is 386 g/mol. The molecule has 150 valence electrons. The minimum atomic E-state index is -0.544. The molecule has 0 saturated heterocycles. The molecule has 0 saturated carbocycles. The van der Waals surface area contributed by atoms with E-state index < -0.39 is 5.60 Å². The zero-order valence-corrected chi connectivity index (χ0v) is 16.9. The Morgan fingerprint density at radius 2 is 2.04 bits per heavy atom. The van der Waals surface area contributed by atoms with Crippen molar-refractivity contribution >= 4 is 17.8 Å². The molecular formula is C20H26N4O4. The molecule has 2 heterocycles. The van der Waals surface area contributed by atoms with Crippen LogP contribution in [0.1, 0.15) is 48.0 Å². The van der Waals surface area contributed by atoms with E-state index in [1.807, 2.05) is 33.8 Å². The Labute approximate surface area is 164 Å². The molecule has 8 nitrogen and oxygen atoms in total. The lowest BCUT2D eigenvalue weighted by molar-refractivity contribution is 0.0221. The van der Waals surface area contributed by atoms with E-state index in [-0.39, 0.29) is 12.0 Å². The fourth-order valence-corrected chi connectivity index (χ4v) is 3.08. The van der Waals surface area contributed by atoms with Crippen LogP contribution in [0.15, 0.2) is 18.2 Å². The molecule has 0 aliphatic carbocycles. The van der Waals surface area contributed by atoms with Gasteiger partial charge in [0.05, 0.1) is 24.9 Å². The van der Waals surface area contributed by atoms with E-state index in [2.05, 4.69) is 15.5 Å². The van der Waals surface area contributed by atoms with Gasteiger partial charge in [-0.1, -0.05) is 11.6 Å². The number of H-pyrrole nitrogens is 1. The largest absolute Gasteiger partial charge is 0.496 e. The smallest absolute Gasteiger partial charge is 0.410 e. The third-order valence-electron chi connectivity index (χ3n) is 4.42. The van der Waals surface area contributed by atoms with E-state index in [9.17, 15) is 9.59 Å². The molecule has 28 heavy (non-hydrogen) atoms. The first-order valence-electron chi connectivity index (χ1n) is 9.18. The van der Waals surface area contributed by atoms with Crippen LogP contribution < -0.4 is 10.1 Å². The van der Waals surface area contributed by atoms with Gasteiger partial charge in [0.2, 0.25) is 0 Å². The highest BCUT2D eigenvalue weighted by molar-refractivity contribution is 6.06. The summed E-state index contributed by atoms with van der Waals surface area (Å²) in [6.07, 6.45) is 0.217. The van der Waals surface area contributed by atoms with E-state index in [0.717, 1.165) is 16.8 Å². The summed E-state index contributed by atoms with van der Waals surface area (Å²) in [6.45, 7) is 8.29. The quantitative estimate of drug-likeness (QED) is 0.844. The van der Waals surface area contributed by atoms with Gasteiger partial charge < -0.3 is 19.7 Å². The molecule has 1 aliphatic heterocycles. The second-order valence-corrected chi connectivity index (χ2v) is 7.84. The third-order valence-corrected chi connectivity index (χ3v) is 4.42. The Kier molecular flexibility index (Phi) is 5.31. The number of amides is 2. The van der Waals surface area contributed by atoms with Gasteiger partial charge in [0, 0.05) is 12.1 Å². The molecule has 2 amide bonds. The van der Waals surface area contributed by atoms with Gasteiger partial charge in [0.25, 0.3) is 5.91 Å². The second kappa shape index (κ2) is 7.53. The van der Waals surface area contributed by atoms with Gasteiger partial charge in [-0.15, -0.1) is 0 Å². The molecule has 2 aromatic rings. The van der Waals surface area contributed by atoms with Crippen molar-refractivity contribution in [3.8, 4) is 5.75 Å². The van der Waals surface area contributed by atoms with Crippen LogP contribution in [0, 0.1) is 6.92 Å². The summed E-state index contributed by atoms with van der Waals surface area (Å²) >= 11 is 0. The molecule has 0 spiro atoms. The third kappa shape index (κ3) is 4.27. The Morgan fingerprint density at radius 3 is 2.71 bits per heavy atom. The summed E-state index contributed by atoms with van der Waals surface area (Å²) in [6, 6.07) is 5.43. The lowest BCUT2D eigenvalue weighted by Gasteiger charge is -2.29. The minimum absolute atomic E-state index is 0.288. The van der Waals surface area contributed by atoms with Gasteiger partial charge in [-0.05, 0) is 46.2 Å². The summed E-state index contributed by atoms with van der Waals surface area (Å²) in [5, 5.41) is 10.0. The fraction of sp³-hybridized carbons (Fsp3) is 0.450. The summed E-state index contributed by atoms with van der Waals surface area (Å²) in [5.41, 5.74) is 2.56. The number of fused-ring (bicyclic) bond motifs is 1. The number of nitrogens with one attached hydrogen (secondary N) is 2. The molecule has 0 bridgehead atoms. The van der Waals surface area contributed by atoms with Crippen molar-refractivity contribution in [2.45, 2.75) is 46.3 Å². The molecule has 8 heteroatoms. The zero-order chi connectivity index (χ0) is 20.5. The highest BCUT2D eigenvalue weighted by atomic mass is 16.6. The summed E-state index contributed by atoms with van der Waals surface area (Å²) in [5.74, 6) is 0.695. The molecule has 3 rings (SSSR count). The fourth-order valence-electron chi connectivity index (χ4n) is 3.08. The highest BCUT2D eigenvalue weighted by Gasteiger charge is 2.29. The summed E-state index contributed by atoms with van der Waals surface area (Å²) < 4.78 is 10.7. The average Bonchev–Trinajstić information content (AvgIpc) is 3.02. The summed E-state index contributed by atoms with van der Waals surface area (Å²) in [4.78, 5) is 26.6. The van der Waals surface area contributed by atoms with Gasteiger partial charge in [-0.2, -0.15) is 5.10 Å². The molecule has 2 N–H and O–H groups in total. The molecule has 0 unspecified atom stereocenters. The van der Waals surface area contributed by atoms with Crippen molar-refractivity contribution in [1.82, 2.24) is 15.1 Å². The second-order valence-electron chi connectivity index (χ2n) is 7.84. The number of hydrogen-bond donors (Lipinski definition) is 2. The number of ether oxygens (including phenoxy) is 2. The SMILES string of the molecule is COc1ccc(C)cc1C(=O)Nc1n[nH]c2c1CCN(C(=O)OC(C)(C)C)C2. The first-order valence-corrected chi connectivity index (χ1v) is 9.18. The van der Waals surface area contributed by atoms with Crippen molar-refractivity contribution in [3.05, 3.63) is 40.6 Å². The van der Waals surface area contributed by atoms with E-state index in [0.29, 0.717) is 36.6 Å². The number of anilines is 1. The molecule has 0 radical (unpaired) electrons.